The molecular formula is C61H39NO. The van der Waals surface area contributed by atoms with Crippen molar-refractivity contribution in [3.8, 4) is 55.6 Å². The van der Waals surface area contributed by atoms with Gasteiger partial charge in [-0.1, -0.05) is 200 Å². The van der Waals surface area contributed by atoms with Crippen LogP contribution in [0.1, 0.15) is 22.3 Å². The number of benzene rings is 10. The summed E-state index contributed by atoms with van der Waals surface area (Å²) in [4.78, 5) is 2.43. The molecule has 0 saturated carbocycles. The van der Waals surface area contributed by atoms with Crippen LogP contribution in [-0.2, 0) is 5.41 Å². The molecule has 13 rings (SSSR count). The van der Waals surface area contributed by atoms with Crippen LogP contribution in [0.5, 0.6) is 0 Å². The number of furan rings is 1. The Kier molecular flexibility index (Phi) is 7.85. The van der Waals surface area contributed by atoms with Gasteiger partial charge in [0.25, 0.3) is 0 Å². The van der Waals surface area contributed by atoms with Crippen molar-refractivity contribution in [1.29, 1.82) is 0 Å². The van der Waals surface area contributed by atoms with Crippen molar-refractivity contribution in [2.75, 3.05) is 4.90 Å². The summed E-state index contributed by atoms with van der Waals surface area (Å²) >= 11 is 0. The van der Waals surface area contributed by atoms with Gasteiger partial charge in [0.15, 0.2) is 5.58 Å². The average Bonchev–Trinajstić information content (AvgIpc) is 3.89. The largest absolute Gasteiger partial charge is 0.454 e. The van der Waals surface area contributed by atoms with E-state index in [1.807, 2.05) is 0 Å². The number of rotatable bonds is 5. The molecule has 0 amide bonds. The quantitative estimate of drug-likeness (QED) is 0.172. The smallest absolute Gasteiger partial charge is 0.159 e. The number of hydrogen-bond donors (Lipinski definition) is 0. The highest BCUT2D eigenvalue weighted by Crippen LogP contribution is 2.58. The standard InChI is InChI=1S/C61H39NO/c1-3-18-40(19-4-1)61(41-20-5-2-6-21-41)56-31-15-13-28-51(56)52-37-35-43(39-57(52)61)62(58-32-17-30-54-53-29-14-16-33-59(53)63-60(54)58)42-34-36-50-48-26-10-9-24-46(48)44-22-7-8-23-45(44)47-25-11-12-27-49(47)55(50)38-42/h1-39H. The predicted molar refractivity (Wildman–Crippen MR) is 261 cm³/mol. The lowest BCUT2D eigenvalue weighted by molar-refractivity contribution is 0.669. The van der Waals surface area contributed by atoms with E-state index in [1.54, 1.807) is 0 Å². The second kappa shape index (κ2) is 13.9. The van der Waals surface area contributed by atoms with Crippen LogP contribution in [0.4, 0.5) is 17.1 Å². The Balaban J connectivity index is 1.12. The Bertz CT molecular complexity index is 3540. The number of nitrogens with zero attached hydrogens (tertiary/aromatic N) is 1. The van der Waals surface area contributed by atoms with Crippen LogP contribution >= 0.6 is 0 Å². The summed E-state index contributed by atoms with van der Waals surface area (Å²) in [6, 6.07) is 86.7. The minimum Gasteiger partial charge on any atom is -0.454 e. The number of para-hydroxylation sites is 2. The average molecular weight is 802 g/mol. The van der Waals surface area contributed by atoms with E-state index in [1.165, 1.54) is 77.9 Å². The van der Waals surface area contributed by atoms with Crippen molar-refractivity contribution in [3.63, 3.8) is 0 Å². The molecule has 0 fully saturated rings. The number of hydrogen-bond acceptors (Lipinski definition) is 2. The van der Waals surface area contributed by atoms with Gasteiger partial charge in [0.05, 0.1) is 11.1 Å². The van der Waals surface area contributed by atoms with Gasteiger partial charge in [-0.2, -0.15) is 0 Å². The summed E-state index contributed by atoms with van der Waals surface area (Å²) < 4.78 is 6.88. The predicted octanol–water partition coefficient (Wildman–Crippen LogP) is 16.4. The zero-order valence-corrected chi connectivity index (χ0v) is 34.4. The van der Waals surface area contributed by atoms with Crippen molar-refractivity contribution in [3.05, 3.63) is 259 Å². The van der Waals surface area contributed by atoms with Crippen LogP contribution in [0.2, 0.25) is 0 Å². The van der Waals surface area contributed by atoms with E-state index >= 15 is 0 Å². The summed E-state index contributed by atoms with van der Waals surface area (Å²) in [7, 11) is 0. The van der Waals surface area contributed by atoms with E-state index < -0.39 is 5.41 Å². The van der Waals surface area contributed by atoms with E-state index in [9.17, 15) is 0 Å². The third-order valence-corrected chi connectivity index (χ3v) is 13.5. The molecule has 63 heavy (non-hydrogen) atoms. The summed E-state index contributed by atoms with van der Waals surface area (Å²) in [5.74, 6) is 0. The molecule has 0 N–H and O–H groups in total. The molecule has 10 aromatic carbocycles. The molecule has 0 spiro atoms. The lowest BCUT2D eigenvalue weighted by Crippen LogP contribution is -2.28. The normalized spacial score (nSPS) is 12.9. The fourth-order valence-electron chi connectivity index (χ4n) is 10.9. The molecule has 0 atom stereocenters. The van der Waals surface area contributed by atoms with Crippen molar-refractivity contribution in [1.82, 2.24) is 0 Å². The molecule has 0 unspecified atom stereocenters. The molecule has 0 bridgehead atoms. The fraction of sp³-hybridized carbons (Fsp3) is 0.0164. The lowest BCUT2D eigenvalue weighted by Gasteiger charge is -2.35. The highest BCUT2D eigenvalue weighted by atomic mass is 16.3. The van der Waals surface area contributed by atoms with Crippen molar-refractivity contribution in [2.45, 2.75) is 5.41 Å². The first-order valence-electron chi connectivity index (χ1n) is 21.8. The Labute approximate surface area is 366 Å². The van der Waals surface area contributed by atoms with Crippen LogP contribution in [0.15, 0.2) is 241 Å². The van der Waals surface area contributed by atoms with Crippen LogP contribution in [0.3, 0.4) is 0 Å². The van der Waals surface area contributed by atoms with Gasteiger partial charge in [-0.15, -0.1) is 0 Å². The first-order valence-corrected chi connectivity index (χ1v) is 21.8. The molecule has 0 radical (unpaired) electrons. The minimum absolute atomic E-state index is 0.552. The Morgan fingerprint density at radius 2 is 0.746 bits per heavy atom. The van der Waals surface area contributed by atoms with Gasteiger partial charge in [-0.3, -0.25) is 0 Å². The molecule has 0 saturated heterocycles. The Morgan fingerprint density at radius 1 is 0.302 bits per heavy atom. The van der Waals surface area contributed by atoms with Gasteiger partial charge in [-0.05, 0) is 114 Å². The Hall–Kier alpha value is -8.20. The van der Waals surface area contributed by atoms with Gasteiger partial charge < -0.3 is 9.32 Å². The van der Waals surface area contributed by atoms with E-state index in [0.29, 0.717) is 0 Å². The van der Waals surface area contributed by atoms with Crippen LogP contribution in [-0.4, -0.2) is 0 Å². The summed E-state index contributed by atoms with van der Waals surface area (Å²) in [6.45, 7) is 0. The zero-order chi connectivity index (χ0) is 41.5. The number of fused-ring (bicyclic) bond motifs is 14. The van der Waals surface area contributed by atoms with Crippen LogP contribution in [0.25, 0.3) is 77.6 Å². The maximum atomic E-state index is 6.88. The van der Waals surface area contributed by atoms with E-state index in [-0.39, 0.29) is 0 Å². The molecule has 2 heteroatoms. The van der Waals surface area contributed by atoms with Crippen LogP contribution in [0, 0.1) is 0 Å². The minimum atomic E-state index is -0.552. The summed E-state index contributed by atoms with van der Waals surface area (Å²) in [5, 5.41) is 2.19. The van der Waals surface area contributed by atoms with Crippen molar-refractivity contribution >= 4 is 39.0 Å². The van der Waals surface area contributed by atoms with E-state index in [2.05, 4.69) is 241 Å². The van der Waals surface area contributed by atoms with Gasteiger partial charge >= 0.3 is 0 Å². The molecule has 0 aliphatic heterocycles. The molecule has 2 aliphatic carbocycles. The first-order chi connectivity index (χ1) is 31.3. The summed E-state index contributed by atoms with van der Waals surface area (Å²) in [6.07, 6.45) is 0. The highest BCUT2D eigenvalue weighted by molar-refractivity contribution is 6.11. The Morgan fingerprint density at radius 3 is 1.37 bits per heavy atom. The molecule has 2 nitrogen and oxygen atoms in total. The third-order valence-electron chi connectivity index (χ3n) is 13.5. The lowest BCUT2D eigenvalue weighted by atomic mass is 9.67. The highest BCUT2D eigenvalue weighted by Gasteiger charge is 2.46. The topological polar surface area (TPSA) is 16.4 Å². The van der Waals surface area contributed by atoms with Crippen LogP contribution < -0.4 is 4.90 Å². The number of anilines is 3. The van der Waals surface area contributed by atoms with Gasteiger partial charge in [0.2, 0.25) is 0 Å². The molecule has 11 aromatic rings. The van der Waals surface area contributed by atoms with Gasteiger partial charge in [0.1, 0.15) is 5.58 Å². The monoisotopic (exact) mass is 801 g/mol. The van der Waals surface area contributed by atoms with Gasteiger partial charge in [0, 0.05) is 22.1 Å². The molecule has 1 heterocycles. The first kappa shape index (κ1) is 35.5. The SMILES string of the molecule is c1ccc(C2(c3ccccc3)c3ccccc3-c3ccc(N(c4ccc5c(c4)-c4ccccc4-c4ccccc4-c4ccccc4-5)c4cccc5c4oc4ccccc45)cc32)cc1. The van der Waals surface area contributed by atoms with Crippen molar-refractivity contribution < 1.29 is 4.42 Å². The zero-order valence-electron chi connectivity index (χ0n) is 34.4. The van der Waals surface area contributed by atoms with E-state index in [4.69, 9.17) is 4.42 Å². The molecular weight excluding hydrogens is 763 g/mol. The maximum Gasteiger partial charge on any atom is 0.159 e. The summed E-state index contributed by atoms with van der Waals surface area (Å²) in [5.41, 5.74) is 21.5. The third kappa shape index (κ3) is 5.19. The second-order valence-electron chi connectivity index (χ2n) is 16.7. The van der Waals surface area contributed by atoms with Crippen molar-refractivity contribution in [2.24, 2.45) is 0 Å². The van der Waals surface area contributed by atoms with Gasteiger partial charge in [-0.25, -0.2) is 0 Å². The molecule has 2 aliphatic rings. The fourth-order valence-corrected chi connectivity index (χ4v) is 10.9. The van der Waals surface area contributed by atoms with E-state index in [0.717, 1.165) is 39.0 Å². The molecule has 294 valence electrons. The molecule has 1 aromatic heterocycles. The maximum absolute atomic E-state index is 6.88. The second-order valence-corrected chi connectivity index (χ2v) is 16.7.